The van der Waals surface area contributed by atoms with Crippen LogP contribution < -0.4 is 5.32 Å². The van der Waals surface area contributed by atoms with E-state index in [2.05, 4.69) is 19.2 Å². The average molecular weight is 286 g/mol. The van der Waals surface area contributed by atoms with Crippen LogP contribution >= 0.6 is 0 Å². The van der Waals surface area contributed by atoms with E-state index in [1.165, 1.54) is 0 Å². The van der Waals surface area contributed by atoms with Gasteiger partial charge in [-0.25, -0.2) is 0 Å². The highest BCUT2D eigenvalue weighted by molar-refractivity contribution is 5.95. The van der Waals surface area contributed by atoms with Crippen LogP contribution in [0.15, 0.2) is 30.3 Å². The van der Waals surface area contributed by atoms with Crippen LogP contribution in [0.4, 0.5) is 0 Å². The van der Waals surface area contributed by atoms with Gasteiger partial charge in [0.25, 0.3) is 5.91 Å². The van der Waals surface area contributed by atoms with Crippen LogP contribution in [-0.2, 0) is 9.59 Å². The number of carbonyl (C=O) groups is 2. The van der Waals surface area contributed by atoms with Gasteiger partial charge in [0.1, 0.15) is 6.04 Å². The Hall–Kier alpha value is -1.84. The summed E-state index contributed by atoms with van der Waals surface area (Å²) >= 11 is 0. The van der Waals surface area contributed by atoms with Gasteiger partial charge in [-0.15, -0.1) is 0 Å². The minimum Gasteiger partial charge on any atom is -0.339 e. The largest absolute Gasteiger partial charge is 0.339 e. The first-order valence-corrected chi connectivity index (χ1v) is 7.64. The summed E-state index contributed by atoms with van der Waals surface area (Å²) in [5.41, 5.74) is 0.950. The van der Waals surface area contributed by atoms with Gasteiger partial charge in [0, 0.05) is 6.04 Å². The molecule has 2 fully saturated rings. The fourth-order valence-electron chi connectivity index (χ4n) is 3.69. The summed E-state index contributed by atoms with van der Waals surface area (Å²) in [5.74, 6) is -0.0353. The van der Waals surface area contributed by atoms with E-state index in [1.54, 1.807) is 0 Å². The third kappa shape index (κ3) is 2.55. The van der Waals surface area contributed by atoms with Crippen molar-refractivity contribution in [1.29, 1.82) is 0 Å². The second kappa shape index (κ2) is 5.17. The van der Waals surface area contributed by atoms with Crippen LogP contribution in [0.3, 0.4) is 0 Å². The zero-order valence-electron chi connectivity index (χ0n) is 12.6. The number of carbonyl (C=O) groups excluding carboxylic acids is 2. The van der Waals surface area contributed by atoms with Crippen LogP contribution in [0, 0.1) is 5.41 Å². The molecule has 112 valence electrons. The zero-order valence-corrected chi connectivity index (χ0v) is 12.6. The topological polar surface area (TPSA) is 49.4 Å². The van der Waals surface area contributed by atoms with Crippen LogP contribution in [-0.4, -0.2) is 29.3 Å². The summed E-state index contributed by atoms with van der Waals surface area (Å²) in [5, 5.41) is 2.83. The van der Waals surface area contributed by atoms with Gasteiger partial charge in [-0.1, -0.05) is 50.6 Å². The van der Waals surface area contributed by atoms with Crippen molar-refractivity contribution in [2.24, 2.45) is 5.41 Å². The highest BCUT2D eigenvalue weighted by Crippen LogP contribution is 2.41. The molecular weight excluding hydrogens is 264 g/mol. The van der Waals surface area contributed by atoms with Crippen LogP contribution in [0.25, 0.3) is 0 Å². The first-order valence-electron chi connectivity index (χ1n) is 7.64. The predicted octanol–water partition coefficient (Wildman–Crippen LogP) is 2.26. The third-order valence-corrected chi connectivity index (χ3v) is 4.86. The molecule has 2 amide bonds. The van der Waals surface area contributed by atoms with Crippen LogP contribution in [0.5, 0.6) is 0 Å². The Balaban J connectivity index is 1.89. The van der Waals surface area contributed by atoms with Gasteiger partial charge in [-0.05, 0) is 23.8 Å². The Morgan fingerprint density at radius 2 is 1.90 bits per heavy atom. The van der Waals surface area contributed by atoms with E-state index in [4.69, 9.17) is 0 Å². The number of nitrogens with one attached hydrogen (secondary N) is 1. The van der Waals surface area contributed by atoms with Gasteiger partial charge in [-0.2, -0.15) is 0 Å². The van der Waals surface area contributed by atoms with Crippen molar-refractivity contribution in [1.82, 2.24) is 10.2 Å². The summed E-state index contributed by atoms with van der Waals surface area (Å²) in [6.07, 6.45) is 3.23. The maximum atomic E-state index is 12.9. The summed E-state index contributed by atoms with van der Waals surface area (Å²) in [4.78, 5) is 26.7. The lowest BCUT2D eigenvalue weighted by atomic mass is 9.85. The standard InChI is InChI=1S/C17H22N2O2/c1-17(2)10-6-9-13(17)19-11-14(20)18-15(16(19)21)12-7-4-3-5-8-12/h3-5,7-8,13,15H,6,9-11H2,1-2H3,(H,18,20). The van der Waals surface area contributed by atoms with Crippen LogP contribution in [0.2, 0.25) is 0 Å². The number of piperazine rings is 1. The van der Waals surface area contributed by atoms with Gasteiger partial charge in [0.15, 0.2) is 0 Å². The molecular formula is C17H22N2O2. The number of rotatable bonds is 2. The fourth-order valence-corrected chi connectivity index (χ4v) is 3.69. The van der Waals surface area contributed by atoms with Crippen molar-refractivity contribution < 1.29 is 9.59 Å². The Labute approximate surface area is 125 Å². The molecule has 1 N–H and O–H groups in total. The minimum atomic E-state index is -0.538. The molecule has 2 unspecified atom stereocenters. The van der Waals surface area contributed by atoms with E-state index in [0.717, 1.165) is 24.8 Å². The molecule has 1 aromatic rings. The summed E-state index contributed by atoms with van der Waals surface area (Å²) < 4.78 is 0. The molecule has 1 saturated heterocycles. The van der Waals surface area contributed by atoms with E-state index in [1.807, 2.05) is 35.2 Å². The van der Waals surface area contributed by atoms with Crippen molar-refractivity contribution in [2.75, 3.05) is 6.54 Å². The molecule has 0 aromatic heterocycles. The molecule has 4 heteroatoms. The molecule has 0 spiro atoms. The fraction of sp³-hybridized carbons (Fsp3) is 0.529. The maximum Gasteiger partial charge on any atom is 0.250 e. The first-order chi connectivity index (χ1) is 9.99. The summed E-state index contributed by atoms with van der Waals surface area (Å²) in [7, 11) is 0. The number of nitrogens with zero attached hydrogens (tertiary/aromatic N) is 1. The molecule has 1 aliphatic heterocycles. The molecule has 0 bridgehead atoms. The van der Waals surface area contributed by atoms with Gasteiger partial charge >= 0.3 is 0 Å². The second-order valence-corrected chi connectivity index (χ2v) is 6.77. The van der Waals surface area contributed by atoms with Crippen molar-refractivity contribution in [3.63, 3.8) is 0 Å². The monoisotopic (exact) mass is 286 g/mol. The Bertz CT molecular complexity index is 553. The molecule has 1 heterocycles. The van der Waals surface area contributed by atoms with Crippen molar-refractivity contribution in [3.05, 3.63) is 35.9 Å². The van der Waals surface area contributed by atoms with E-state index in [9.17, 15) is 9.59 Å². The number of benzene rings is 1. The minimum absolute atomic E-state index is 0.0285. The lowest BCUT2D eigenvalue weighted by Gasteiger charge is -2.41. The Morgan fingerprint density at radius 3 is 2.52 bits per heavy atom. The normalized spacial score (nSPS) is 28.6. The number of amides is 2. The molecule has 21 heavy (non-hydrogen) atoms. The van der Waals surface area contributed by atoms with Crippen molar-refractivity contribution >= 4 is 11.8 Å². The quantitative estimate of drug-likeness (QED) is 0.906. The second-order valence-electron chi connectivity index (χ2n) is 6.77. The molecule has 2 aliphatic rings. The summed E-state index contributed by atoms with van der Waals surface area (Å²) in [6, 6.07) is 9.13. The van der Waals surface area contributed by atoms with Gasteiger partial charge < -0.3 is 10.2 Å². The first kappa shape index (κ1) is 14.1. The number of hydrogen-bond donors (Lipinski definition) is 1. The molecule has 0 radical (unpaired) electrons. The van der Waals surface area contributed by atoms with Gasteiger partial charge in [0.05, 0.1) is 6.54 Å². The number of hydrogen-bond acceptors (Lipinski definition) is 2. The van der Waals surface area contributed by atoms with Gasteiger partial charge in [-0.3, -0.25) is 9.59 Å². The Kier molecular flexibility index (Phi) is 3.47. The Morgan fingerprint density at radius 1 is 1.19 bits per heavy atom. The third-order valence-electron chi connectivity index (χ3n) is 4.86. The lowest BCUT2D eigenvalue weighted by molar-refractivity contribution is -0.148. The molecule has 4 nitrogen and oxygen atoms in total. The van der Waals surface area contributed by atoms with E-state index < -0.39 is 6.04 Å². The van der Waals surface area contributed by atoms with Crippen LogP contribution in [0.1, 0.15) is 44.7 Å². The van der Waals surface area contributed by atoms with Crippen molar-refractivity contribution in [3.8, 4) is 0 Å². The van der Waals surface area contributed by atoms with Crippen molar-refractivity contribution in [2.45, 2.75) is 45.2 Å². The molecule has 1 aliphatic carbocycles. The van der Waals surface area contributed by atoms with Gasteiger partial charge in [0.2, 0.25) is 5.91 Å². The predicted molar refractivity (Wildman–Crippen MR) is 80.5 cm³/mol. The SMILES string of the molecule is CC1(C)CCCC1N1CC(=O)NC(c2ccccc2)C1=O. The van der Waals surface area contributed by atoms with E-state index >= 15 is 0 Å². The van der Waals surface area contributed by atoms with E-state index in [0.29, 0.717) is 0 Å². The zero-order chi connectivity index (χ0) is 15.0. The smallest absolute Gasteiger partial charge is 0.250 e. The highest BCUT2D eigenvalue weighted by Gasteiger charge is 2.45. The molecule has 3 rings (SSSR count). The molecule has 2 atom stereocenters. The molecule has 1 saturated carbocycles. The lowest BCUT2D eigenvalue weighted by Crippen LogP contribution is -2.58. The average Bonchev–Trinajstić information content (AvgIpc) is 2.81. The maximum absolute atomic E-state index is 12.9. The highest BCUT2D eigenvalue weighted by atomic mass is 16.2. The molecule has 1 aromatic carbocycles. The van der Waals surface area contributed by atoms with E-state index in [-0.39, 0.29) is 29.8 Å². The summed E-state index contributed by atoms with van der Waals surface area (Å²) in [6.45, 7) is 4.58.